The molecule has 0 saturated carbocycles. The van der Waals surface area contributed by atoms with Crippen LogP contribution < -0.4 is 5.73 Å². The number of nitrogen functional groups attached to an aromatic ring is 1. The van der Waals surface area contributed by atoms with Crippen molar-refractivity contribution in [1.29, 1.82) is 0 Å². The van der Waals surface area contributed by atoms with Gasteiger partial charge in [-0.2, -0.15) is 5.21 Å². The number of H-pyrrole nitrogens is 1. The van der Waals surface area contributed by atoms with E-state index >= 15 is 0 Å². The maximum Gasteiger partial charge on any atom is 0.278 e. The molecule has 2 rings (SSSR count). The minimum Gasteiger partial charge on any atom is -0.380 e. The third-order valence-electron chi connectivity index (χ3n) is 2.84. The van der Waals surface area contributed by atoms with Gasteiger partial charge in [-0.25, -0.2) is 0 Å². The van der Waals surface area contributed by atoms with E-state index < -0.39 is 0 Å². The van der Waals surface area contributed by atoms with Crippen molar-refractivity contribution in [3.05, 3.63) is 5.69 Å². The lowest BCUT2D eigenvalue weighted by atomic mass is 10.0. The van der Waals surface area contributed by atoms with Crippen molar-refractivity contribution in [3.63, 3.8) is 0 Å². The van der Waals surface area contributed by atoms with Crippen molar-refractivity contribution >= 4 is 11.7 Å². The van der Waals surface area contributed by atoms with Crippen LogP contribution in [0.1, 0.15) is 36.7 Å². The number of anilines is 1. The van der Waals surface area contributed by atoms with Crippen molar-refractivity contribution in [2.24, 2.45) is 0 Å². The number of amides is 1. The molecule has 1 saturated heterocycles. The second-order valence-corrected chi connectivity index (χ2v) is 3.90. The van der Waals surface area contributed by atoms with Gasteiger partial charge in [-0.3, -0.25) is 4.79 Å². The highest BCUT2D eigenvalue weighted by Crippen LogP contribution is 2.19. The molecule has 1 aromatic rings. The number of hydrogen-bond acceptors (Lipinski definition) is 4. The SMILES string of the molecule is CC1CCCCN1C(=O)c1n[nH]nc1N. The zero-order valence-corrected chi connectivity index (χ0v) is 8.73. The van der Waals surface area contributed by atoms with Crippen LogP contribution >= 0.6 is 0 Å². The number of carbonyl (C=O) groups excluding carboxylic acids is 1. The van der Waals surface area contributed by atoms with Gasteiger partial charge in [0.05, 0.1) is 0 Å². The molecule has 82 valence electrons. The van der Waals surface area contributed by atoms with Gasteiger partial charge in [-0.15, -0.1) is 10.2 Å². The highest BCUT2D eigenvalue weighted by atomic mass is 16.2. The van der Waals surface area contributed by atoms with Gasteiger partial charge in [0.1, 0.15) is 0 Å². The monoisotopic (exact) mass is 209 g/mol. The Kier molecular flexibility index (Phi) is 2.57. The maximum absolute atomic E-state index is 12.0. The summed E-state index contributed by atoms with van der Waals surface area (Å²) in [5.41, 5.74) is 5.78. The molecule has 1 atom stereocenters. The third-order valence-corrected chi connectivity index (χ3v) is 2.84. The Morgan fingerprint density at radius 2 is 2.33 bits per heavy atom. The van der Waals surface area contributed by atoms with E-state index in [4.69, 9.17) is 5.73 Å². The van der Waals surface area contributed by atoms with E-state index in [1.807, 2.05) is 11.8 Å². The van der Waals surface area contributed by atoms with E-state index in [9.17, 15) is 4.79 Å². The Morgan fingerprint density at radius 1 is 1.53 bits per heavy atom. The molecule has 1 fully saturated rings. The lowest BCUT2D eigenvalue weighted by Gasteiger charge is -2.32. The number of nitrogens with one attached hydrogen (secondary N) is 1. The molecular weight excluding hydrogens is 194 g/mol. The summed E-state index contributed by atoms with van der Waals surface area (Å²) in [7, 11) is 0. The van der Waals surface area contributed by atoms with Crippen molar-refractivity contribution in [3.8, 4) is 0 Å². The normalized spacial score (nSPS) is 21.7. The average Bonchev–Trinajstić information content (AvgIpc) is 2.64. The van der Waals surface area contributed by atoms with Gasteiger partial charge in [-0.05, 0) is 26.2 Å². The van der Waals surface area contributed by atoms with Crippen molar-refractivity contribution in [1.82, 2.24) is 20.3 Å². The average molecular weight is 209 g/mol. The van der Waals surface area contributed by atoms with Gasteiger partial charge in [0, 0.05) is 12.6 Å². The van der Waals surface area contributed by atoms with Crippen molar-refractivity contribution in [2.45, 2.75) is 32.2 Å². The van der Waals surface area contributed by atoms with Crippen LogP contribution in [0.2, 0.25) is 0 Å². The Balaban J connectivity index is 2.17. The zero-order chi connectivity index (χ0) is 10.8. The quantitative estimate of drug-likeness (QED) is 0.700. The molecule has 1 aromatic heterocycles. The Labute approximate surface area is 87.8 Å². The van der Waals surface area contributed by atoms with E-state index in [-0.39, 0.29) is 23.5 Å². The number of nitrogens with two attached hydrogens (primary N) is 1. The molecule has 2 heterocycles. The molecular formula is C9H15N5O. The van der Waals surface area contributed by atoms with E-state index in [0.29, 0.717) is 0 Å². The van der Waals surface area contributed by atoms with Crippen LogP contribution in [-0.4, -0.2) is 38.8 Å². The van der Waals surface area contributed by atoms with Gasteiger partial charge in [0.2, 0.25) is 0 Å². The summed E-state index contributed by atoms with van der Waals surface area (Å²) in [5, 5.41) is 9.79. The molecule has 6 heteroatoms. The summed E-state index contributed by atoms with van der Waals surface area (Å²) in [5.74, 6) is 0.0613. The second-order valence-electron chi connectivity index (χ2n) is 3.90. The fourth-order valence-electron chi connectivity index (χ4n) is 1.93. The Morgan fingerprint density at radius 3 is 2.93 bits per heavy atom. The molecule has 0 aliphatic carbocycles. The van der Waals surface area contributed by atoms with Gasteiger partial charge >= 0.3 is 0 Å². The number of aromatic amines is 1. The molecule has 6 nitrogen and oxygen atoms in total. The number of aromatic nitrogens is 3. The molecule has 1 unspecified atom stereocenters. The minimum atomic E-state index is -0.117. The first kappa shape index (κ1) is 9.95. The number of nitrogens with zero attached hydrogens (tertiary/aromatic N) is 3. The molecule has 1 amide bonds. The van der Waals surface area contributed by atoms with Gasteiger partial charge < -0.3 is 10.6 Å². The molecule has 0 spiro atoms. The summed E-state index contributed by atoms with van der Waals surface area (Å²) < 4.78 is 0. The molecule has 15 heavy (non-hydrogen) atoms. The molecule has 0 bridgehead atoms. The van der Waals surface area contributed by atoms with Gasteiger partial charge in [0.15, 0.2) is 11.5 Å². The smallest absolute Gasteiger partial charge is 0.278 e. The fourth-order valence-corrected chi connectivity index (χ4v) is 1.93. The summed E-state index contributed by atoms with van der Waals surface area (Å²) in [6.45, 7) is 2.83. The van der Waals surface area contributed by atoms with Crippen LogP contribution in [0, 0.1) is 0 Å². The predicted molar refractivity (Wildman–Crippen MR) is 55.1 cm³/mol. The number of likely N-dealkylation sites (tertiary alicyclic amines) is 1. The number of hydrogen-bond donors (Lipinski definition) is 2. The fraction of sp³-hybridized carbons (Fsp3) is 0.667. The maximum atomic E-state index is 12.0. The summed E-state index contributed by atoms with van der Waals surface area (Å²) >= 11 is 0. The highest BCUT2D eigenvalue weighted by Gasteiger charge is 2.27. The van der Waals surface area contributed by atoms with E-state index in [1.165, 1.54) is 6.42 Å². The number of piperidine rings is 1. The number of carbonyl (C=O) groups is 1. The summed E-state index contributed by atoms with van der Waals surface area (Å²) in [4.78, 5) is 13.8. The van der Waals surface area contributed by atoms with Crippen molar-refractivity contribution < 1.29 is 4.79 Å². The minimum absolute atomic E-state index is 0.117. The third kappa shape index (κ3) is 1.79. The van der Waals surface area contributed by atoms with Crippen LogP contribution in [0.5, 0.6) is 0 Å². The first-order chi connectivity index (χ1) is 7.20. The number of rotatable bonds is 1. The second kappa shape index (κ2) is 3.88. The topological polar surface area (TPSA) is 87.9 Å². The Bertz CT molecular complexity index is 361. The van der Waals surface area contributed by atoms with Gasteiger partial charge in [-0.1, -0.05) is 0 Å². The lowest BCUT2D eigenvalue weighted by Crippen LogP contribution is -2.42. The summed E-state index contributed by atoms with van der Waals surface area (Å²) in [6.07, 6.45) is 3.27. The molecule has 1 aliphatic heterocycles. The van der Waals surface area contributed by atoms with Gasteiger partial charge in [0.25, 0.3) is 5.91 Å². The standard InChI is InChI=1S/C9H15N5O/c1-6-4-2-3-5-14(6)9(15)7-8(10)12-13-11-7/h6H,2-5H2,1H3,(H3,10,11,12,13). The Hall–Kier alpha value is -1.59. The first-order valence-electron chi connectivity index (χ1n) is 5.17. The molecule has 0 radical (unpaired) electrons. The van der Waals surface area contributed by atoms with E-state index in [0.717, 1.165) is 19.4 Å². The summed E-state index contributed by atoms with van der Waals surface area (Å²) in [6, 6.07) is 0.266. The van der Waals surface area contributed by atoms with Crippen molar-refractivity contribution in [2.75, 3.05) is 12.3 Å². The lowest BCUT2D eigenvalue weighted by molar-refractivity contribution is 0.0630. The molecule has 0 aromatic carbocycles. The predicted octanol–water partition coefficient (Wildman–Crippen LogP) is 0.401. The van der Waals surface area contributed by atoms with Crippen LogP contribution in [0.3, 0.4) is 0 Å². The largest absolute Gasteiger partial charge is 0.380 e. The zero-order valence-electron chi connectivity index (χ0n) is 8.73. The van der Waals surface area contributed by atoms with Crippen LogP contribution in [-0.2, 0) is 0 Å². The molecule has 1 aliphatic rings. The van der Waals surface area contributed by atoms with Crippen LogP contribution in [0.25, 0.3) is 0 Å². The van der Waals surface area contributed by atoms with Crippen LogP contribution in [0.15, 0.2) is 0 Å². The first-order valence-corrected chi connectivity index (χ1v) is 5.17. The highest BCUT2D eigenvalue weighted by molar-refractivity contribution is 5.96. The van der Waals surface area contributed by atoms with E-state index in [2.05, 4.69) is 15.4 Å². The van der Waals surface area contributed by atoms with E-state index in [1.54, 1.807) is 0 Å². The molecule has 3 N–H and O–H groups in total. The van der Waals surface area contributed by atoms with Crippen LogP contribution in [0.4, 0.5) is 5.82 Å².